The van der Waals surface area contributed by atoms with E-state index in [9.17, 15) is 43.9 Å². The summed E-state index contributed by atoms with van der Waals surface area (Å²) in [5.41, 5.74) is -1.19. The van der Waals surface area contributed by atoms with Gasteiger partial charge in [-0.1, -0.05) is 12.1 Å². The van der Waals surface area contributed by atoms with Crippen LogP contribution in [0.5, 0.6) is 11.5 Å². The fourth-order valence-corrected chi connectivity index (χ4v) is 3.20. The number of fused-ring (bicyclic) bond motifs is 1. The fourth-order valence-electron chi connectivity index (χ4n) is 3.20. The molecule has 0 unspecified atom stereocenters. The smallest absolute Gasteiger partial charge is 0.521 e. The fraction of sp³-hybridized carbons (Fsp3) is 0. The predicted molar refractivity (Wildman–Crippen MR) is 103 cm³/mol. The molecule has 0 bridgehead atoms. The van der Waals surface area contributed by atoms with E-state index in [1.807, 2.05) is 0 Å². The van der Waals surface area contributed by atoms with E-state index in [1.54, 1.807) is 0 Å². The first-order valence-electron chi connectivity index (χ1n) is 9.37. The summed E-state index contributed by atoms with van der Waals surface area (Å²) < 4.78 is 150. The summed E-state index contributed by atoms with van der Waals surface area (Å²) in [5, 5.41) is -1.93. The summed E-state index contributed by atoms with van der Waals surface area (Å²) in [6, 6.07) is 3.72. The van der Waals surface area contributed by atoms with Crippen molar-refractivity contribution in [3.8, 4) is 11.5 Å². The maximum Gasteiger partial charge on any atom is 0.636 e. The van der Waals surface area contributed by atoms with Crippen molar-refractivity contribution in [3.63, 3.8) is 0 Å². The molecule has 0 saturated heterocycles. The van der Waals surface area contributed by atoms with Crippen LogP contribution in [0.15, 0.2) is 42.5 Å². The quantitative estimate of drug-likeness (QED) is 0.142. The molecule has 0 radical (unpaired) electrons. The molecule has 0 fully saturated rings. The molecule has 13 heteroatoms. The summed E-state index contributed by atoms with van der Waals surface area (Å²) in [6.07, 6.45) is 0. The van der Waals surface area contributed by atoms with Gasteiger partial charge in [-0.15, -0.1) is 0 Å². The molecule has 0 aliphatic heterocycles. The van der Waals surface area contributed by atoms with Gasteiger partial charge in [-0.3, -0.25) is 0 Å². The molecule has 180 valence electrons. The van der Waals surface area contributed by atoms with Crippen molar-refractivity contribution in [1.29, 1.82) is 0 Å². The van der Waals surface area contributed by atoms with E-state index in [1.165, 1.54) is 0 Å². The maximum atomic E-state index is 14.5. The molecule has 0 heterocycles. The van der Waals surface area contributed by atoms with E-state index in [0.29, 0.717) is 12.1 Å². The molecule has 35 heavy (non-hydrogen) atoms. The number of halogens is 10. The summed E-state index contributed by atoms with van der Waals surface area (Å²) in [5.74, 6) is -20.9. The summed E-state index contributed by atoms with van der Waals surface area (Å²) in [4.78, 5) is 0. The van der Waals surface area contributed by atoms with Gasteiger partial charge in [0.15, 0.2) is 52.3 Å². The van der Waals surface area contributed by atoms with Crippen LogP contribution in [-0.4, -0.2) is 7.12 Å². The van der Waals surface area contributed by atoms with Gasteiger partial charge in [0.1, 0.15) is 11.6 Å². The molecule has 0 amide bonds. The largest absolute Gasteiger partial charge is 0.636 e. The Hall–Kier alpha value is -3.90. The van der Waals surface area contributed by atoms with Gasteiger partial charge in [0.2, 0.25) is 5.82 Å². The highest BCUT2D eigenvalue weighted by Crippen LogP contribution is 2.34. The predicted octanol–water partition coefficient (Wildman–Crippen LogP) is 6.08. The zero-order valence-corrected chi connectivity index (χ0v) is 16.7. The average molecular weight is 504 g/mol. The van der Waals surface area contributed by atoms with Crippen LogP contribution >= 0.6 is 0 Å². The van der Waals surface area contributed by atoms with Crippen LogP contribution in [0.3, 0.4) is 0 Å². The van der Waals surface area contributed by atoms with Crippen molar-refractivity contribution in [2.75, 3.05) is 0 Å². The second-order valence-electron chi connectivity index (χ2n) is 6.97. The van der Waals surface area contributed by atoms with Crippen molar-refractivity contribution in [3.05, 3.63) is 101 Å². The van der Waals surface area contributed by atoms with Gasteiger partial charge in [0.25, 0.3) is 0 Å². The normalized spacial score (nSPS) is 11.1. The Balaban J connectivity index is 1.93. The van der Waals surface area contributed by atoms with Crippen LogP contribution < -0.4 is 14.8 Å². The van der Waals surface area contributed by atoms with E-state index in [4.69, 9.17) is 9.31 Å². The Bertz CT molecular complexity index is 1480. The van der Waals surface area contributed by atoms with E-state index in [0.717, 1.165) is 18.2 Å². The van der Waals surface area contributed by atoms with Crippen molar-refractivity contribution in [1.82, 2.24) is 0 Å². The number of hydrogen-bond donors (Lipinski definition) is 0. The Kier molecular flexibility index (Phi) is 6.26. The highest BCUT2D eigenvalue weighted by Gasteiger charge is 2.36. The van der Waals surface area contributed by atoms with Gasteiger partial charge in [-0.05, 0) is 24.3 Å². The molecule has 4 rings (SSSR count). The second-order valence-corrected chi connectivity index (χ2v) is 6.97. The van der Waals surface area contributed by atoms with Gasteiger partial charge in [-0.2, -0.15) is 4.39 Å². The number of benzene rings is 4. The number of hydrogen-bond acceptors (Lipinski definition) is 2. The molecule has 0 aliphatic rings. The lowest BCUT2D eigenvalue weighted by Gasteiger charge is -2.20. The van der Waals surface area contributed by atoms with Gasteiger partial charge >= 0.3 is 7.12 Å². The van der Waals surface area contributed by atoms with E-state index in [-0.39, 0.29) is 12.1 Å². The first-order valence-corrected chi connectivity index (χ1v) is 9.37. The summed E-state index contributed by atoms with van der Waals surface area (Å²) in [7, 11) is -2.58. The first kappa shape index (κ1) is 24.2. The molecule has 0 aliphatic carbocycles. The van der Waals surface area contributed by atoms with Crippen LogP contribution in [-0.2, 0) is 0 Å². The van der Waals surface area contributed by atoms with E-state index < -0.39 is 93.0 Å². The van der Waals surface area contributed by atoms with Gasteiger partial charge in [0, 0.05) is 11.5 Å². The molecule has 0 N–H and O–H groups in total. The number of rotatable bonds is 5. The average Bonchev–Trinajstić information content (AvgIpc) is 2.82. The lowest BCUT2D eigenvalue weighted by Crippen LogP contribution is -2.45. The Morgan fingerprint density at radius 1 is 0.543 bits per heavy atom. The lowest BCUT2D eigenvalue weighted by molar-refractivity contribution is 0.380. The SMILES string of the molecule is Fc1cc(F)c(F)c(B(Oc2c(F)ccc(F)c2F)Oc2cccc3c(F)c(F)c(F)c(F)c23)c1. The van der Waals surface area contributed by atoms with Crippen LogP contribution in [0, 0.1) is 58.2 Å². The molecule has 0 atom stereocenters. The molecule has 4 aromatic carbocycles. The van der Waals surface area contributed by atoms with E-state index >= 15 is 0 Å². The minimum Gasteiger partial charge on any atom is -0.521 e. The van der Waals surface area contributed by atoms with Gasteiger partial charge < -0.3 is 9.31 Å². The van der Waals surface area contributed by atoms with Crippen LogP contribution in [0.1, 0.15) is 0 Å². The van der Waals surface area contributed by atoms with Crippen molar-refractivity contribution >= 4 is 23.4 Å². The summed E-state index contributed by atoms with van der Waals surface area (Å²) >= 11 is 0. The molecule has 4 aromatic rings. The Morgan fingerprint density at radius 3 is 1.91 bits per heavy atom. The maximum absolute atomic E-state index is 14.5. The van der Waals surface area contributed by atoms with Crippen molar-refractivity contribution in [2.45, 2.75) is 0 Å². The van der Waals surface area contributed by atoms with Crippen LogP contribution in [0.4, 0.5) is 43.9 Å². The minimum atomic E-state index is -2.58. The first-order chi connectivity index (χ1) is 16.5. The third-order valence-electron chi connectivity index (χ3n) is 4.80. The summed E-state index contributed by atoms with van der Waals surface area (Å²) in [6.45, 7) is 0. The lowest BCUT2D eigenvalue weighted by atomic mass is 9.77. The van der Waals surface area contributed by atoms with Crippen molar-refractivity contribution < 1.29 is 53.2 Å². The molecule has 0 aromatic heterocycles. The standard InChI is InChI=1S/C22H7BF10O2/c24-8-6-10(17(29)13(27)7-8)23(35-22-12(26)5-4-11(25)18(22)30)34-14-3-1-2-9-15(14)19(31)21(33)20(32)16(9)28/h1-7H. The van der Waals surface area contributed by atoms with Crippen LogP contribution in [0.2, 0.25) is 0 Å². The molecular weight excluding hydrogens is 497 g/mol. The van der Waals surface area contributed by atoms with E-state index in [2.05, 4.69) is 0 Å². The molecule has 0 saturated carbocycles. The minimum absolute atomic E-state index is 0.102. The monoisotopic (exact) mass is 504 g/mol. The highest BCUT2D eigenvalue weighted by atomic mass is 19.2. The zero-order valence-electron chi connectivity index (χ0n) is 16.7. The third-order valence-corrected chi connectivity index (χ3v) is 4.80. The molecule has 2 nitrogen and oxygen atoms in total. The second kappa shape index (κ2) is 9.04. The molecular formula is C22H7BF10O2. The van der Waals surface area contributed by atoms with Gasteiger partial charge in [0.05, 0.1) is 10.8 Å². The van der Waals surface area contributed by atoms with Crippen LogP contribution in [0.25, 0.3) is 10.8 Å². The topological polar surface area (TPSA) is 18.5 Å². The van der Waals surface area contributed by atoms with Crippen molar-refractivity contribution in [2.24, 2.45) is 0 Å². The Labute approximate surface area is 189 Å². The molecule has 0 spiro atoms. The van der Waals surface area contributed by atoms with Gasteiger partial charge in [-0.25, -0.2) is 39.5 Å². The third kappa shape index (κ3) is 4.22. The highest BCUT2D eigenvalue weighted by molar-refractivity contribution is 6.63. The Morgan fingerprint density at radius 2 is 1.20 bits per heavy atom. The zero-order chi connectivity index (χ0) is 25.6.